The van der Waals surface area contributed by atoms with E-state index in [9.17, 15) is 20.1 Å². The zero-order chi connectivity index (χ0) is 15.8. The number of ether oxygens (including phenoxy) is 1. The average Bonchev–Trinajstić information content (AvgIpc) is 2.45. The van der Waals surface area contributed by atoms with E-state index in [1.54, 1.807) is 0 Å². The molecule has 124 valence electrons. The summed E-state index contributed by atoms with van der Waals surface area (Å²) in [6, 6.07) is -0.670. The molecule has 0 aromatic carbocycles. The fourth-order valence-corrected chi connectivity index (χ4v) is 3.60. The second kappa shape index (κ2) is 9.63. The lowest BCUT2D eigenvalue weighted by Crippen LogP contribution is -2.63. The first-order chi connectivity index (χ1) is 10.0. The lowest BCUT2D eigenvalue weighted by Gasteiger charge is -2.42. The van der Waals surface area contributed by atoms with Crippen molar-refractivity contribution < 1.29 is 24.9 Å². The smallest absolute Gasteiger partial charge is 0.217 e. The molecule has 21 heavy (non-hydrogen) atoms. The van der Waals surface area contributed by atoms with Crippen molar-refractivity contribution in [3.8, 4) is 0 Å². The van der Waals surface area contributed by atoms with Crippen LogP contribution in [0.15, 0.2) is 0 Å². The van der Waals surface area contributed by atoms with Crippen LogP contribution in [0.1, 0.15) is 39.5 Å². The topological polar surface area (TPSA) is 99.0 Å². The summed E-state index contributed by atoms with van der Waals surface area (Å²) in [5, 5.41) is 31.9. The van der Waals surface area contributed by atoms with E-state index in [-0.39, 0.29) is 12.5 Å². The van der Waals surface area contributed by atoms with Crippen molar-refractivity contribution in [1.82, 2.24) is 5.32 Å². The minimum Gasteiger partial charge on any atom is -0.394 e. The summed E-state index contributed by atoms with van der Waals surface area (Å²) in [4.78, 5) is 11.3. The molecule has 4 N–H and O–H groups in total. The van der Waals surface area contributed by atoms with Gasteiger partial charge in [-0.05, 0) is 12.2 Å². The van der Waals surface area contributed by atoms with Gasteiger partial charge in [0.2, 0.25) is 5.91 Å². The maximum Gasteiger partial charge on any atom is 0.217 e. The Morgan fingerprint density at radius 2 is 1.95 bits per heavy atom. The van der Waals surface area contributed by atoms with E-state index in [0.717, 1.165) is 25.0 Å². The minimum absolute atomic E-state index is 0.283. The third kappa shape index (κ3) is 5.75. The van der Waals surface area contributed by atoms with Gasteiger partial charge in [0.1, 0.15) is 23.7 Å². The van der Waals surface area contributed by atoms with E-state index < -0.39 is 29.8 Å². The number of carbonyl (C=O) groups excluding carboxylic acids is 1. The molecule has 0 spiro atoms. The molecule has 1 rings (SSSR count). The van der Waals surface area contributed by atoms with E-state index in [1.807, 2.05) is 0 Å². The van der Waals surface area contributed by atoms with Gasteiger partial charge < -0.3 is 25.4 Å². The lowest BCUT2D eigenvalue weighted by atomic mass is 9.98. The van der Waals surface area contributed by atoms with Crippen LogP contribution in [0.4, 0.5) is 0 Å². The van der Waals surface area contributed by atoms with Crippen molar-refractivity contribution in [3.63, 3.8) is 0 Å². The highest BCUT2D eigenvalue weighted by molar-refractivity contribution is 7.99. The second-order valence-electron chi connectivity index (χ2n) is 5.36. The number of unbranched alkanes of at least 4 members (excludes halogenated alkanes) is 3. The Bertz CT molecular complexity index is 318. The first kappa shape index (κ1) is 18.7. The van der Waals surface area contributed by atoms with Crippen molar-refractivity contribution >= 4 is 17.7 Å². The highest BCUT2D eigenvalue weighted by atomic mass is 32.2. The van der Waals surface area contributed by atoms with Crippen LogP contribution in [0.5, 0.6) is 0 Å². The van der Waals surface area contributed by atoms with Crippen LogP contribution in [0.25, 0.3) is 0 Å². The largest absolute Gasteiger partial charge is 0.394 e. The Labute approximate surface area is 130 Å². The Kier molecular flexibility index (Phi) is 8.58. The van der Waals surface area contributed by atoms with Crippen LogP contribution in [0, 0.1) is 0 Å². The molecule has 7 heteroatoms. The molecule has 1 aliphatic heterocycles. The van der Waals surface area contributed by atoms with E-state index in [0.29, 0.717) is 0 Å². The van der Waals surface area contributed by atoms with Gasteiger partial charge in [-0.2, -0.15) is 0 Å². The number of rotatable bonds is 8. The molecule has 5 unspecified atom stereocenters. The third-order valence-corrected chi connectivity index (χ3v) is 4.79. The van der Waals surface area contributed by atoms with Gasteiger partial charge in [-0.15, -0.1) is 11.8 Å². The first-order valence-electron chi connectivity index (χ1n) is 7.52. The number of aliphatic hydroxyl groups is 3. The van der Waals surface area contributed by atoms with E-state index in [2.05, 4.69) is 12.2 Å². The van der Waals surface area contributed by atoms with Crippen molar-refractivity contribution in [2.24, 2.45) is 0 Å². The predicted molar refractivity (Wildman–Crippen MR) is 82.0 cm³/mol. The van der Waals surface area contributed by atoms with Gasteiger partial charge in [0.05, 0.1) is 12.6 Å². The van der Waals surface area contributed by atoms with Gasteiger partial charge in [0.15, 0.2) is 0 Å². The van der Waals surface area contributed by atoms with Crippen LogP contribution < -0.4 is 5.32 Å². The highest BCUT2D eigenvalue weighted by Crippen LogP contribution is 2.29. The molecule has 0 aromatic rings. The second-order valence-corrected chi connectivity index (χ2v) is 6.57. The molecular weight excluding hydrogens is 294 g/mol. The first-order valence-corrected chi connectivity index (χ1v) is 8.57. The normalized spacial score (nSPS) is 32.9. The number of hydrogen-bond acceptors (Lipinski definition) is 6. The maximum absolute atomic E-state index is 11.3. The molecule has 1 saturated heterocycles. The van der Waals surface area contributed by atoms with E-state index in [4.69, 9.17) is 4.74 Å². The summed E-state index contributed by atoms with van der Waals surface area (Å²) in [7, 11) is 0. The lowest BCUT2D eigenvalue weighted by molar-refractivity contribution is -0.173. The van der Waals surface area contributed by atoms with Crippen molar-refractivity contribution in [2.45, 2.75) is 69.3 Å². The van der Waals surface area contributed by atoms with Gasteiger partial charge in [0, 0.05) is 6.92 Å². The molecule has 6 nitrogen and oxygen atoms in total. The van der Waals surface area contributed by atoms with Crippen LogP contribution in [0.2, 0.25) is 0 Å². The zero-order valence-electron chi connectivity index (χ0n) is 12.7. The number of nitrogens with one attached hydrogen (secondary N) is 1. The summed E-state index contributed by atoms with van der Waals surface area (Å²) in [6.07, 6.45) is 1.34. The molecule has 0 aromatic heterocycles. The molecule has 0 aliphatic carbocycles. The molecule has 0 bridgehead atoms. The molecular formula is C14H27NO5S. The van der Waals surface area contributed by atoms with Crippen LogP contribution in [0.3, 0.4) is 0 Å². The van der Waals surface area contributed by atoms with Gasteiger partial charge >= 0.3 is 0 Å². The Morgan fingerprint density at radius 1 is 1.24 bits per heavy atom. The highest BCUT2D eigenvalue weighted by Gasteiger charge is 2.44. The van der Waals surface area contributed by atoms with Crippen LogP contribution in [-0.2, 0) is 9.53 Å². The standard InChI is InChI=1S/C14H27NO5S/c1-3-4-5-6-7-21-14-11(15-9(2)17)13(19)12(18)10(8-16)20-14/h10-14,16,18-19H,3-8H2,1-2H3,(H,15,17). The summed E-state index contributed by atoms with van der Waals surface area (Å²) >= 11 is 1.50. The van der Waals surface area contributed by atoms with E-state index >= 15 is 0 Å². The van der Waals surface area contributed by atoms with Gasteiger partial charge in [0.25, 0.3) is 0 Å². The maximum atomic E-state index is 11.3. The number of thioether (sulfide) groups is 1. The summed E-state index contributed by atoms with van der Waals surface area (Å²) < 4.78 is 5.63. The fraction of sp³-hybridized carbons (Fsp3) is 0.929. The SMILES string of the molecule is CCCCCCSC1OC(CO)C(O)C(O)C1NC(C)=O. The van der Waals surface area contributed by atoms with Crippen molar-refractivity contribution in [1.29, 1.82) is 0 Å². The molecule has 1 amide bonds. The molecule has 0 radical (unpaired) electrons. The molecule has 1 aliphatic rings. The van der Waals surface area contributed by atoms with Crippen molar-refractivity contribution in [3.05, 3.63) is 0 Å². The summed E-state index contributed by atoms with van der Waals surface area (Å²) in [6.45, 7) is 3.14. The number of amides is 1. The monoisotopic (exact) mass is 321 g/mol. The predicted octanol–water partition coefficient (Wildman–Crippen LogP) is 0.244. The average molecular weight is 321 g/mol. The van der Waals surface area contributed by atoms with E-state index in [1.165, 1.54) is 25.1 Å². The number of aliphatic hydroxyl groups excluding tert-OH is 3. The molecule has 5 atom stereocenters. The third-order valence-electron chi connectivity index (χ3n) is 3.53. The number of carbonyl (C=O) groups is 1. The fourth-order valence-electron chi connectivity index (χ4n) is 2.34. The molecule has 1 fully saturated rings. The number of hydrogen-bond donors (Lipinski definition) is 4. The Balaban J connectivity index is 2.58. The molecule has 1 heterocycles. The zero-order valence-corrected chi connectivity index (χ0v) is 13.5. The van der Waals surface area contributed by atoms with Crippen LogP contribution in [-0.4, -0.2) is 63.4 Å². The summed E-state index contributed by atoms with van der Waals surface area (Å²) in [5.74, 6) is 0.565. The minimum atomic E-state index is -1.20. The van der Waals surface area contributed by atoms with Crippen LogP contribution >= 0.6 is 11.8 Å². The quantitative estimate of drug-likeness (QED) is 0.478. The Morgan fingerprint density at radius 3 is 2.52 bits per heavy atom. The van der Waals surface area contributed by atoms with Crippen molar-refractivity contribution in [2.75, 3.05) is 12.4 Å². The van der Waals surface area contributed by atoms with Gasteiger partial charge in [-0.1, -0.05) is 26.2 Å². The Hall–Kier alpha value is -0.340. The van der Waals surface area contributed by atoms with Gasteiger partial charge in [-0.25, -0.2) is 0 Å². The summed E-state index contributed by atoms with van der Waals surface area (Å²) in [5.41, 5.74) is -0.467. The molecule has 0 saturated carbocycles. The van der Waals surface area contributed by atoms with Gasteiger partial charge in [-0.3, -0.25) is 4.79 Å².